The van der Waals surface area contributed by atoms with Crippen molar-refractivity contribution in [1.29, 1.82) is 0 Å². The minimum absolute atomic E-state index is 0.171. The lowest BCUT2D eigenvalue weighted by Crippen LogP contribution is -2.32. The largest absolute Gasteiger partial charge is 0.424 e. The summed E-state index contributed by atoms with van der Waals surface area (Å²) in [5.41, 5.74) is 7.42. The van der Waals surface area contributed by atoms with Crippen molar-refractivity contribution >= 4 is 11.1 Å². The first-order chi connectivity index (χ1) is 10.4. The zero-order valence-corrected chi connectivity index (χ0v) is 13.8. The van der Waals surface area contributed by atoms with E-state index in [-0.39, 0.29) is 5.41 Å². The van der Waals surface area contributed by atoms with Crippen LogP contribution >= 0.6 is 0 Å². The number of furan rings is 1. The van der Waals surface area contributed by atoms with Gasteiger partial charge in [0, 0.05) is 16.7 Å². The van der Waals surface area contributed by atoms with Crippen LogP contribution in [0.1, 0.15) is 43.2 Å². The molecule has 1 aliphatic heterocycles. The van der Waals surface area contributed by atoms with Gasteiger partial charge < -0.3 is 4.42 Å². The number of nitrogens with zero attached hydrogens (tertiary/aromatic N) is 2. The molecule has 3 nitrogen and oxygen atoms in total. The Kier molecular flexibility index (Phi) is 2.57. The Morgan fingerprint density at radius 1 is 1.18 bits per heavy atom. The predicted molar refractivity (Wildman–Crippen MR) is 86.9 cm³/mol. The highest BCUT2D eigenvalue weighted by Crippen LogP contribution is 2.37. The second kappa shape index (κ2) is 4.19. The molecule has 112 valence electrons. The molecule has 0 atom stereocenters. The van der Waals surface area contributed by atoms with Gasteiger partial charge >= 0.3 is 5.71 Å². The molecular formula is C19H21N2O+. The first-order valence-electron chi connectivity index (χ1n) is 7.78. The molecule has 0 radical (unpaired) electrons. The molecule has 3 heteroatoms. The first-order valence-corrected chi connectivity index (χ1v) is 7.78. The molecule has 0 aliphatic carbocycles. The molecule has 0 saturated heterocycles. The van der Waals surface area contributed by atoms with Crippen LogP contribution in [0.2, 0.25) is 0 Å². The van der Waals surface area contributed by atoms with E-state index in [1.54, 1.807) is 0 Å². The maximum Gasteiger partial charge on any atom is 0.345 e. The van der Waals surface area contributed by atoms with Gasteiger partial charge in [0.2, 0.25) is 0 Å². The lowest BCUT2D eigenvalue weighted by atomic mass is 9.85. The van der Waals surface area contributed by atoms with Crippen molar-refractivity contribution in [3.63, 3.8) is 0 Å². The molecule has 0 saturated carbocycles. The summed E-state index contributed by atoms with van der Waals surface area (Å²) in [6.07, 6.45) is 1.90. The molecule has 1 aromatic carbocycles. The minimum Gasteiger partial charge on any atom is -0.424 e. The third kappa shape index (κ3) is 1.75. The average molecular weight is 293 g/mol. The lowest BCUT2D eigenvalue weighted by Gasteiger charge is -2.19. The van der Waals surface area contributed by atoms with Crippen LogP contribution in [0, 0.1) is 13.8 Å². The quantitative estimate of drug-likeness (QED) is 0.458. The van der Waals surface area contributed by atoms with Crippen molar-refractivity contribution in [2.75, 3.05) is 0 Å². The number of hydrogen-bond acceptors (Lipinski definition) is 2. The molecule has 0 bridgehead atoms. The Bertz CT molecular complexity index is 913. The van der Waals surface area contributed by atoms with E-state index in [2.05, 4.69) is 55.4 Å². The van der Waals surface area contributed by atoms with Crippen LogP contribution in [-0.4, -0.2) is 4.98 Å². The molecule has 4 rings (SSSR count). The number of benzene rings is 1. The van der Waals surface area contributed by atoms with Gasteiger partial charge in [0.1, 0.15) is 17.7 Å². The van der Waals surface area contributed by atoms with E-state index in [9.17, 15) is 0 Å². The van der Waals surface area contributed by atoms with Crippen LogP contribution in [0.5, 0.6) is 0 Å². The summed E-state index contributed by atoms with van der Waals surface area (Å²) >= 11 is 0. The van der Waals surface area contributed by atoms with Crippen LogP contribution in [0.25, 0.3) is 22.4 Å². The van der Waals surface area contributed by atoms with Crippen molar-refractivity contribution in [1.82, 2.24) is 4.98 Å². The number of fused-ring (bicyclic) bond motifs is 5. The molecular weight excluding hydrogens is 272 g/mol. The van der Waals surface area contributed by atoms with Crippen LogP contribution in [0.15, 0.2) is 28.9 Å². The van der Waals surface area contributed by atoms with Gasteiger partial charge in [0.25, 0.3) is 6.33 Å². The molecule has 22 heavy (non-hydrogen) atoms. The highest BCUT2D eigenvalue weighted by molar-refractivity contribution is 5.92. The summed E-state index contributed by atoms with van der Waals surface area (Å²) in [6.45, 7) is 11.8. The Hall–Kier alpha value is -2.16. The summed E-state index contributed by atoms with van der Waals surface area (Å²) in [4.78, 5) is 4.49. The van der Waals surface area contributed by atoms with E-state index in [1.165, 1.54) is 27.9 Å². The number of hydrogen-bond donors (Lipinski definition) is 0. The molecule has 0 fully saturated rings. The molecule has 3 aromatic rings. The van der Waals surface area contributed by atoms with Gasteiger partial charge in [0.15, 0.2) is 5.69 Å². The summed E-state index contributed by atoms with van der Waals surface area (Å²) in [5, 5.41) is 1.15. The van der Waals surface area contributed by atoms with Crippen molar-refractivity contribution in [2.24, 2.45) is 0 Å². The van der Waals surface area contributed by atoms with Crippen molar-refractivity contribution in [3.8, 4) is 11.3 Å². The fourth-order valence-corrected chi connectivity index (χ4v) is 3.32. The van der Waals surface area contributed by atoms with Gasteiger partial charge in [-0.05, 0) is 35.9 Å². The molecule has 2 aromatic heterocycles. The first kappa shape index (κ1) is 13.5. The van der Waals surface area contributed by atoms with Crippen molar-refractivity contribution in [2.45, 2.75) is 46.6 Å². The zero-order chi connectivity index (χ0) is 15.6. The van der Waals surface area contributed by atoms with Crippen LogP contribution in [0.4, 0.5) is 0 Å². The van der Waals surface area contributed by atoms with Crippen LogP contribution < -0.4 is 4.57 Å². The fraction of sp³-hybridized carbons (Fsp3) is 0.368. The van der Waals surface area contributed by atoms with Crippen LogP contribution in [-0.2, 0) is 12.0 Å². The minimum atomic E-state index is 0.171. The summed E-state index contributed by atoms with van der Waals surface area (Å²) < 4.78 is 8.03. The molecule has 1 aliphatic rings. The molecule has 3 heterocycles. The Labute approximate surface area is 130 Å². The highest BCUT2D eigenvalue weighted by atomic mass is 16.3. The summed E-state index contributed by atoms with van der Waals surface area (Å²) in [7, 11) is 0. The predicted octanol–water partition coefficient (Wildman–Crippen LogP) is 4.06. The van der Waals surface area contributed by atoms with E-state index in [4.69, 9.17) is 4.42 Å². The maximum atomic E-state index is 5.79. The third-order valence-electron chi connectivity index (χ3n) is 4.77. The normalized spacial score (nSPS) is 13.5. The van der Waals surface area contributed by atoms with Gasteiger partial charge in [-0.25, -0.2) is 4.57 Å². The third-order valence-corrected chi connectivity index (χ3v) is 4.77. The van der Waals surface area contributed by atoms with E-state index in [0.717, 1.165) is 23.4 Å². The smallest absolute Gasteiger partial charge is 0.345 e. The average Bonchev–Trinajstić information content (AvgIpc) is 2.95. The number of aryl methyl sites for hydroxylation is 2. The van der Waals surface area contributed by atoms with Gasteiger partial charge in [-0.2, -0.15) is 0 Å². The van der Waals surface area contributed by atoms with E-state index in [0.29, 0.717) is 0 Å². The van der Waals surface area contributed by atoms with Crippen molar-refractivity contribution < 1.29 is 8.98 Å². The van der Waals surface area contributed by atoms with Gasteiger partial charge in [-0.3, -0.25) is 0 Å². The molecule has 0 N–H and O–H groups in total. The molecule has 0 amide bonds. The fourth-order valence-electron chi connectivity index (χ4n) is 3.32. The second-order valence-electron chi connectivity index (χ2n) is 7.31. The second-order valence-corrected chi connectivity index (χ2v) is 7.31. The number of aromatic nitrogens is 2. The SMILES string of the molecule is Cc1oc2nc[n+]3c(c2c1C)-c1ccc(C(C)(C)C)cc1C3. The summed E-state index contributed by atoms with van der Waals surface area (Å²) in [5.74, 6) is 0.955. The van der Waals surface area contributed by atoms with Gasteiger partial charge in [0.05, 0.1) is 0 Å². The van der Waals surface area contributed by atoms with Crippen LogP contribution in [0.3, 0.4) is 0 Å². The highest BCUT2D eigenvalue weighted by Gasteiger charge is 2.30. The Balaban J connectivity index is 2.00. The zero-order valence-electron chi connectivity index (χ0n) is 13.8. The monoisotopic (exact) mass is 293 g/mol. The van der Waals surface area contributed by atoms with E-state index >= 15 is 0 Å². The molecule has 0 spiro atoms. The topological polar surface area (TPSA) is 29.9 Å². The van der Waals surface area contributed by atoms with E-state index < -0.39 is 0 Å². The number of rotatable bonds is 0. The van der Waals surface area contributed by atoms with Crippen molar-refractivity contribution in [3.05, 3.63) is 47.0 Å². The standard InChI is InChI=1S/C19H21N2O/c1-11-12(2)22-18-16(11)17-15-7-6-14(19(3,4)5)8-13(15)9-21(17)10-20-18/h6-8,10H,9H2,1-5H3/q+1. The summed E-state index contributed by atoms with van der Waals surface area (Å²) in [6, 6.07) is 6.86. The Morgan fingerprint density at radius 2 is 1.95 bits per heavy atom. The van der Waals surface area contributed by atoms with E-state index in [1.807, 2.05) is 13.3 Å². The Morgan fingerprint density at radius 3 is 2.68 bits per heavy atom. The van der Waals surface area contributed by atoms with Gasteiger partial charge in [-0.1, -0.05) is 32.9 Å². The molecule has 0 unspecified atom stereocenters. The lowest BCUT2D eigenvalue weighted by molar-refractivity contribution is -0.673. The maximum absolute atomic E-state index is 5.79. The van der Waals surface area contributed by atoms with Gasteiger partial charge in [-0.15, -0.1) is 0 Å².